The molecule has 1 heterocycles. The summed E-state index contributed by atoms with van der Waals surface area (Å²) in [7, 11) is 1.57. The van der Waals surface area contributed by atoms with Crippen molar-refractivity contribution < 1.29 is 9.47 Å². The van der Waals surface area contributed by atoms with Gasteiger partial charge in [-0.2, -0.15) is 14.9 Å². The van der Waals surface area contributed by atoms with Gasteiger partial charge in [0.2, 0.25) is 4.77 Å². The maximum atomic E-state index is 12.1. The molecule has 0 aliphatic carbocycles. The molecule has 3 rings (SSSR count). The molecule has 1 aromatic heterocycles. The Morgan fingerprint density at radius 1 is 1.21 bits per heavy atom. The summed E-state index contributed by atoms with van der Waals surface area (Å²) in [6.07, 6.45) is 1.53. The van der Waals surface area contributed by atoms with Crippen molar-refractivity contribution >= 4 is 18.4 Å². The Hall–Kier alpha value is -3.26. The smallest absolute Gasteiger partial charge is 0.296 e. The van der Waals surface area contributed by atoms with E-state index in [9.17, 15) is 4.79 Å². The van der Waals surface area contributed by atoms with E-state index in [-0.39, 0.29) is 16.0 Å². The third-order valence-electron chi connectivity index (χ3n) is 4.00. The van der Waals surface area contributed by atoms with E-state index in [4.69, 9.17) is 21.7 Å². The largest absolute Gasteiger partial charge is 0.493 e. The Morgan fingerprint density at radius 3 is 2.79 bits per heavy atom. The molecule has 0 unspecified atom stereocenters. The number of methoxy groups -OCH3 is 1. The van der Waals surface area contributed by atoms with Gasteiger partial charge in [0.15, 0.2) is 11.5 Å². The minimum absolute atomic E-state index is 0.122. The van der Waals surface area contributed by atoms with Crippen LogP contribution in [0.15, 0.2) is 52.4 Å². The van der Waals surface area contributed by atoms with E-state index in [0.29, 0.717) is 18.1 Å². The van der Waals surface area contributed by atoms with Gasteiger partial charge in [-0.15, -0.1) is 0 Å². The Morgan fingerprint density at radius 2 is 2.04 bits per heavy atom. The number of hydrogen-bond donors (Lipinski definition) is 1. The second-order valence-electron chi connectivity index (χ2n) is 6.16. The molecule has 0 radical (unpaired) electrons. The summed E-state index contributed by atoms with van der Waals surface area (Å²) in [6.45, 7) is 4.06. The minimum atomic E-state index is -0.370. The van der Waals surface area contributed by atoms with Crippen molar-refractivity contribution in [3.8, 4) is 11.5 Å². The predicted molar refractivity (Wildman–Crippen MR) is 110 cm³/mol. The number of nitrogens with zero attached hydrogens (tertiary/aromatic N) is 3. The van der Waals surface area contributed by atoms with Crippen LogP contribution in [-0.2, 0) is 6.61 Å². The molecule has 0 bridgehead atoms. The van der Waals surface area contributed by atoms with Gasteiger partial charge in [0.25, 0.3) is 5.56 Å². The first-order valence-electron chi connectivity index (χ1n) is 8.57. The van der Waals surface area contributed by atoms with Crippen LogP contribution >= 0.6 is 12.2 Å². The fraction of sp³-hybridized carbons (Fsp3) is 0.200. The average molecular weight is 396 g/mol. The van der Waals surface area contributed by atoms with Crippen LogP contribution in [0.4, 0.5) is 0 Å². The van der Waals surface area contributed by atoms with Crippen LogP contribution in [-0.4, -0.2) is 28.2 Å². The zero-order chi connectivity index (χ0) is 20.1. The molecule has 0 fully saturated rings. The van der Waals surface area contributed by atoms with Crippen LogP contribution < -0.4 is 15.0 Å². The topological polar surface area (TPSA) is 81.5 Å². The number of rotatable bonds is 6. The molecule has 7 nitrogen and oxygen atoms in total. The highest BCUT2D eigenvalue weighted by Crippen LogP contribution is 2.28. The van der Waals surface area contributed by atoms with Gasteiger partial charge in [-0.3, -0.25) is 9.89 Å². The summed E-state index contributed by atoms with van der Waals surface area (Å²) in [4.78, 5) is 12.1. The summed E-state index contributed by atoms with van der Waals surface area (Å²) < 4.78 is 12.5. The fourth-order valence-electron chi connectivity index (χ4n) is 2.55. The zero-order valence-electron chi connectivity index (χ0n) is 15.8. The van der Waals surface area contributed by atoms with Crippen molar-refractivity contribution in [2.24, 2.45) is 5.10 Å². The van der Waals surface area contributed by atoms with Gasteiger partial charge in [0.1, 0.15) is 12.3 Å². The van der Waals surface area contributed by atoms with Gasteiger partial charge >= 0.3 is 0 Å². The first kappa shape index (κ1) is 19.5. The summed E-state index contributed by atoms with van der Waals surface area (Å²) in [6, 6.07) is 13.5. The monoisotopic (exact) mass is 396 g/mol. The molecule has 0 aliphatic heterocycles. The molecule has 0 amide bonds. The molecular weight excluding hydrogens is 376 g/mol. The Kier molecular flexibility index (Phi) is 6.00. The third kappa shape index (κ3) is 4.52. The summed E-state index contributed by atoms with van der Waals surface area (Å²) in [5.41, 5.74) is 2.90. The van der Waals surface area contributed by atoms with E-state index in [1.165, 1.54) is 11.8 Å². The number of aromatic nitrogens is 3. The van der Waals surface area contributed by atoms with Crippen molar-refractivity contribution in [1.29, 1.82) is 0 Å². The van der Waals surface area contributed by atoms with Crippen molar-refractivity contribution in [1.82, 2.24) is 14.9 Å². The number of aryl methyl sites for hydroxylation is 2. The number of H-pyrrole nitrogens is 1. The maximum absolute atomic E-state index is 12.1. The van der Waals surface area contributed by atoms with Crippen LogP contribution in [0.5, 0.6) is 11.5 Å². The van der Waals surface area contributed by atoms with Crippen LogP contribution in [0.2, 0.25) is 0 Å². The number of hydrogen-bond acceptors (Lipinski definition) is 6. The Labute approximate surface area is 167 Å². The molecule has 8 heteroatoms. The molecule has 0 spiro atoms. The van der Waals surface area contributed by atoms with Crippen molar-refractivity contribution in [3.63, 3.8) is 0 Å². The lowest BCUT2D eigenvalue weighted by Crippen LogP contribution is -2.22. The van der Waals surface area contributed by atoms with Crippen molar-refractivity contribution in [2.75, 3.05) is 7.11 Å². The summed E-state index contributed by atoms with van der Waals surface area (Å²) >= 11 is 5.06. The van der Waals surface area contributed by atoms with Crippen LogP contribution in [0.1, 0.15) is 22.4 Å². The molecular formula is C20H20N4O3S. The van der Waals surface area contributed by atoms with Crippen LogP contribution in [0.25, 0.3) is 0 Å². The van der Waals surface area contributed by atoms with Gasteiger partial charge in [-0.05, 0) is 55.4 Å². The lowest BCUT2D eigenvalue weighted by molar-refractivity contribution is 0.284. The minimum Gasteiger partial charge on any atom is -0.493 e. The Balaban J connectivity index is 1.81. The first-order chi connectivity index (χ1) is 13.5. The molecule has 0 atom stereocenters. The average Bonchev–Trinajstić information content (AvgIpc) is 2.69. The quantitative estimate of drug-likeness (QED) is 0.510. The number of aromatic amines is 1. The Bertz CT molecular complexity index is 1130. The number of nitrogens with one attached hydrogen (secondary N) is 1. The van der Waals surface area contributed by atoms with E-state index in [1.807, 2.05) is 31.2 Å². The standard InChI is InChI=1S/C20H20N4O3S/c1-13-5-4-6-16(9-13)12-27-17-8-7-15(10-18(17)26-3)11-21-24-19(25)14(2)22-23-20(24)28/h4-11H,12H2,1-3H3,(H,23,28)/b21-11+. The maximum Gasteiger partial charge on any atom is 0.296 e. The highest BCUT2D eigenvalue weighted by molar-refractivity contribution is 7.71. The first-order valence-corrected chi connectivity index (χ1v) is 8.98. The van der Waals surface area contributed by atoms with E-state index in [1.54, 1.807) is 26.2 Å². The van der Waals surface area contributed by atoms with Gasteiger partial charge in [0, 0.05) is 0 Å². The normalized spacial score (nSPS) is 11.0. The van der Waals surface area contributed by atoms with Gasteiger partial charge in [-0.25, -0.2) is 0 Å². The van der Waals surface area contributed by atoms with Crippen molar-refractivity contribution in [3.05, 3.63) is 80.0 Å². The molecule has 0 saturated carbocycles. The van der Waals surface area contributed by atoms with Gasteiger partial charge < -0.3 is 9.47 Å². The van der Waals surface area contributed by atoms with Gasteiger partial charge in [0.05, 0.1) is 13.3 Å². The fourth-order valence-corrected chi connectivity index (χ4v) is 2.72. The van der Waals surface area contributed by atoms with E-state index in [0.717, 1.165) is 15.8 Å². The molecule has 3 aromatic rings. The number of ether oxygens (including phenoxy) is 2. The van der Waals surface area contributed by atoms with Crippen LogP contribution in [0, 0.1) is 18.6 Å². The third-order valence-corrected chi connectivity index (χ3v) is 4.26. The summed E-state index contributed by atoms with van der Waals surface area (Å²) in [5, 5.41) is 10.5. The molecule has 144 valence electrons. The molecule has 28 heavy (non-hydrogen) atoms. The second-order valence-corrected chi connectivity index (χ2v) is 6.55. The number of benzene rings is 2. The van der Waals surface area contributed by atoms with Crippen LogP contribution in [0.3, 0.4) is 0 Å². The summed E-state index contributed by atoms with van der Waals surface area (Å²) in [5.74, 6) is 1.19. The van der Waals surface area contributed by atoms with E-state index in [2.05, 4.69) is 21.4 Å². The lowest BCUT2D eigenvalue weighted by atomic mass is 10.1. The highest BCUT2D eigenvalue weighted by atomic mass is 32.1. The predicted octanol–water partition coefficient (Wildman–Crippen LogP) is 3.39. The molecule has 1 N–H and O–H groups in total. The molecule has 2 aromatic carbocycles. The SMILES string of the molecule is COc1cc(/C=N/n2c(=S)[nH]nc(C)c2=O)ccc1OCc1cccc(C)c1. The highest BCUT2D eigenvalue weighted by Gasteiger charge is 2.07. The lowest BCUT2D eigenvalue weighted by Gasteiger charge is -2.11. The van der Waals surface area contributed by atoms with E-state index < -0.39 is 0 Å². The molecule has 0 aliphatic rings. The zero-order valence-corrected chi connectivity index (χ0v) is 16.6. The van der Waals surface area contributed by atoms with Gasteiger partial charge in [-0.1, -0.05) is 29.8 Å². The second kappa shape index (κ2) is 8.62. The van der Waals surface area contributed by atoms with Crippen molar-refractivity contribution in [2.45, 2.75) is 20.5 Å². The van der Waals surface area contributed by atoms with E-state index >= 15 is 0 Å². The molecule has 0 saturated heterocycles.